The highest BCUT2D eigenvalue weighted by molar-refractivity contribution is 7.16. The summed E-state index contributed by atoms with van der Waals surface area (Å²) in [6.45, 7) is 2.75. The van der Waals surface area contributed by atoms with Crippen LogP contribution in [0.4, 0.5) is 5.95 Å². The molecule has 3 heterocycles. The van der Waals surface area contributed by atoms with Crippen molar-refractivity contribution in [1.29, 1.82) is 0 Å². The number of H-pyrrole nitrogens is 1. The molecule has 12 heteroatoms. The average Bonchev–Trinajstić information content (AvgIpc) is 3.63. The van der Waals surface area contributed by atoms with Crippen LogP contribution >= 0.6 is 22.9 Å². The Bertz CT molecular complexity index is 1280. The van der Waals surface area contributed by atoms with Gasteiger partial charge in [-0.2, -0.15) is 5.21 Å². The van der Waals surface area contributed by atoms with Gasteiger partial charge in [-0.15, -0.1) is 16.4 Å². The summed E-state index contributed by atoms with van der Waals surface area (Å²) in [6.07, 6.45) is 4.25. The molecule has 0 spiro atoms. The van der Waals surface area contributed by atoms with Crippen LogP contribution in [0.1, 0.15) is 56.9 Å². The molecule has 10 nitrogen and oxygen atoms in total. The standard InChI is InChI=1S/C23H24ClN7O3S/c1-3-4-5-20-25-12-18(30(20)13-15-6-8-16(9-7-15)22(33)34-2)21(32)31(23-26-28-29-27-23)14-17-10-11-19(24)35-17/h6-12H,3-5,13-14H2,1-2H3,(H,26,27,28,29). The van der Waals surface area contributed by atoms with Gasteiger partial charge in [-0.3, -0.25) is 9.69 Å². The number of hydrogen-bond acceptors (Lipinski definition) is 8. The SMILES string of the molecule is CCCCc1ncc(C(=O)N(Cc2ccc(Cl)s2)c2nn[nH]n2)n1Cc1ccc(C(=O)OC)cc1. The summed E-state index contributed by atoms with van der Waals surface area (Å²) < 4.78 is 7.31. The van der Waals surface area contributed by atoms with Crippen LogP contribution in [-0.2, 0) is 24.2 Å². The van der Waals surface area contributed by atoms with Crippen LogP contribution < -0.4 is 4.90 Å². The number of ether oxygens (including phenoxy) is 1. The van der Waals surface area contributed by atoms with Gasteiger partial charge < -0.3 is 9.30 Å². The summed E-state index contributed by atoms with van der Waals surface area (Å²) in [5, 5.41) is 14.1. The highest BCUT2D eigenvalue weighted by atomic mass is 35.5. The number of aromatic amines is 1. The van der Waals surface area contributed by atoms with Crippen LogP contribution in [0.2, 0.25) is 4.34 Å². The molecule has 0 saturated heterocycles. The third-order valence-corrected chi connectivity index (χ3v) is 6.61. The van der Waals surface area contributed by atoms with Gasteiger partial charge in [0.05, 0.1) is 29.8 Å². The molecule has 182 valence electrons. The van der Waals surface area contributed by atoms with Crippen molar-refractivity contribution < 1.29 is 14.3 Å². The maximum Gasteiger partial charge on any atom is 0.337 e. The van der Waals surface area contributed by atoms with E-state index in [1.807, 2.05) is 22.8 Å². The van der Waals surface area contributed by atoms with Crippen molar-refractivity contribution in [2.75, 3.05) is 12.0 Å². The van der Waals surface area contributed by atoms with Gasteiger partial charge in [0.15, 0.2) is 0 Å². The van der Waals surface area contributed by atoms with Crippen molar-refractivity contribution in [3.8, 4) is 0 Å². The van der Waals surface area contributed by atoms with Crippen molar-refractivity contribution in [3.63, 3.8) is 0 Å². The van der Waals surface area contributed by atoms with E-state index in [2.05, 4.69) is 32.5 Å². The average molecular weight is 514 g/mol. The van der Waals surface area contributed by atoms with E-state index in [9.17, 15) is 9.59 Å². The highest BCUT2D eigenvalue weighted by Crippen LogP contribution is 2.25. The Hall–Kier alpha value is -3.57. The lowest BCUT2D eigenvalue weighted by molar-refractivity contribution is 0.0600. The predicted molar refractivity (Wildman–Crippen MR) is 132 cm³/mol. The Kier molecular flexibility index (Phi) is 7.88. The first-order valence-electron chi connectivity index (χ1n) is 11.0. The smallest absolute Gasteiger partial charge is 0.337 e. The Balaban J connectivity index is 1.67. The number of imidazole rings is 1. The summed E-state index contributed by atoms with van der Waals surface area (Å²) in [5.41, 5.74) is 1.78. The third-order valence-electron chi connectivity index (χ3n) is 5.39. The van der Waals surface area contributed by atoms with E-state index >= 15 is 0 Å². The van der Waals surface area contributed by atoms with E-state index in [1.165, 1.54) is 23.3 Å². The zero-order chi connectivity index (χ0) is 24.8. The number of hydrogen-bond donors (Lipinski definition) is 1. The number of anilines is 1. The van der Waals surface area contributed by atoms with E-state index in [4.69, 9.17) is 16.3 Å². The molecule has 1 amide bonds. The molecule has 0 atom stereocenters. The maximum atomic E-state index is 13.8. The van der Waals surface area contributed by atoms with Crippen LogP contribution in [-0.4, -0.2) is 49.2 Å². The quantitative estimate of drug-likeness (QED) is 0.316. The number of esters is 1. The van der Waals surface area contributed by atoms with Gasteiger partial charge >= 0.3 is 5.97 Å². The minimum atomic E-state index is -0.400. The minimum absolute atomic E-state index is 0.157. The molecule has 3 aromatic heterocycles. The molecular formula is C23H24ClN7O3S. The largest absolute Gasteiger partial charge is 0.465 e. The normalized spacial score (nSPS) is 10.9. The molecule has 0 bridgehead atoms. The molecule has 4 aromatic rings. The number of amides is 1. The van der Waals surface area contributed by atoms with Gasteiger partial charge in [-0.05, 0) is 41.5 Å². The number of nitrogens with one attached hydrogen (secondary N) is 1. The Morgan fingerprint density at radius 3 is 2.63 bits per heavy atom. The second-order valence-electron chi connectivity index (χ2n) is 7.75. The van der Waals surface area contributed by atoms with Crippen LogP contribution in [0.5, 0.6) is 0 Å². The van der Waals surface area contributed by atoms with Crippen molar-refractivity contribution in [1.82, 2.24) is 30.2 Å². The number of unbranched alkanes of at least 4 members (excludes halogenated alkanes) is 1. The van der Waals surface area contributed by atoms with Gasteiger partial charge in [0.1, 0.15) is 11.5 Å². The maximum absolute atomic E-state index is 13.8. The number of carbonyl (C=O) groups is 2. The second kappa shape index (κ2) is 11.2. The summed E-state index contributed by atoms with van der Waals surface area (Å²) in [5.74, 6) is 0.254. The monoisotopic (exact) mass is 513 g/mol. The van der Waals surface area contributed by atoms with E-state index in [0.29, 0.717) is 22.1 Å². The van der Waals surface area contributed by atoms with Gasteiger partial charge in [-0.1, -0.05) is 42.2 Å². The van der Waals surface area contributed by atoms with Crippen LogP contribution in [0.25, 0.3) is 0 Å². The zero-order valence-electron chi connectivity index (χ0n) is 19.3. The first-order valence-corrected chi connectivity index (χ1v) is 12.2. The molecule has 0 aliphatic carbocycles. The first-order chi connectivity index (χ1) is 17.0. The number of benzene rings is 1. The fraction of sp³-hybridized carbons (Fsp3) is 0.304. The number of methoxy groups -OCH3 is 1. The van der Waals surface area contributed by atoms with Crippen molar-refractivity contribution in [2.24, 2.45) is 0 Å². The molecule has 0 saturated carbocycles. The fourth-order valence-electron chi connectivity index (χ4n) is 3.58. The molecule has 1 aromatic carbocycles. The van der Waals surface area contributed by atoms with Gasteiger partial charge in [0.2, 0.25) is 0 Å². The van der Waals surface area contributed by atoms with Gasteiger partial charge in [0.25, 0.3) is 11.9 Å². The molecule has 1 N–H and O–H groups in total. The Morgan fingerprint density at radius 2 is 2.00 bits per heavy atom. The van der Waals surface area contributed by atoms with Gasteiger partial charge in [0, 0.05) is 17.8 Å². The fourth-order valence-corrected chi connectivity index (χ4v) is 4.65. The number of rotatable bonds is 10. The number of thiophene rings is 1. The predicted octanol–water partition coefficient (Wildman–Crippen LogP) is 4.14. The van der Waals surface area contributed by atoms with E-state index in [0.717, 1.165) is 35.5 Å². The zero-order valence-corrected chi connectivity index (χ0v) is 20.8. The lowest BCUT2D eigenvalue weighted by Crippen LogP contribution is -2.33. The Morgan fingerprint density at radius 1 is 1.20 bits per heavy atom. The number of aromatic nitrogens is 6. The molecule has 0 fully saturated rings. The molecule has 4 rings (SSSR count). The molecular weight excluding hydrogens is 490 g/mol. The molecule has 0 aliphatic rings. The van der Waals surface area contributed by atoms with E-state index in [-0.39, 0.29) is 18.4 Å². The number of carbonyl (C=O) groups excluding carboxylic acids is 2. The van der Waals surface area contributed by atoms with Gasteiger partial charge in [-0.25, -0.2) is 9.78 Å². The number of halogens is 1. The summed E-state index contributed by atoms with van der Waals surface area (Å²) >= 11 is 7.47. The highest BCUT2D eigenvalue weighted by Gasteiger charge is 2.27. The summed E-state index contributed by atoms with van der Waals surface area (Å²) in [6, 6.07) is 10.7. The van der Waals surface area contributed by atoms with E-state index in [1.54, 1.807) is 24.4 Å². The number of aryl methyl sites for hydroxylation is 1. The van der Waals surface area contributed by atoms with Crippen LogP contribution in [0, 0.1) is 0 Å². The van der Waals surface area contributed by atoms with Crippen molar-refractivity contribution >= 4 is 40.8 Å². The molecule has 35 heavy (non-hydrogen) atoms. The van der Waals surface area contributed by atoms with E-state index < -0.39 is 5.97 Å². The Labute approximate surface area is 210 Å². The lowest BCUT2D eigenvalue weighted by Gasteiger charge is -2.19. The molecule has 0 unspecified atom stereocenters. The minimum Gasteiger partial charge on any atom is -0.465 e. The molecule has 0 aliphatic heterocycles. The number of nitrogens with zero attached hydrogens (tertiary/aromatic N) is 6. The molecule has 0 radical (unpaired) electrons. The van der Waals surface area contributed by atoms with Crippen LogP contribution in [0.3, 0.4) is 0 Å². The number of tetrazole rings is 1. The second-order valence-corrected chi connectivity index (χ2v) is 9.55. The first kappa shape index (κ1) is 24.6. The summed E-state index contributed by atoms with van der Waals surface area (Å²) in [7, 11) is 1.35. The topological polar surface area (TPSA) is 119 Å². The lowest BCUT2D eigenvalue weighted by atomic mass is 10.1. The summed E-state index contributed by atoms with van der Waals surface area (Å²) in [4.78, 5) is 32.5. The van der Waals surface area contributed by atoms with Crippen LogP contribution in [0.15, 0.2) is 42.6 Å². The third kappa shape index (κ3) is 5.75. The van der Waals surface area contributed by atoms with Crippen molar-refractivity contribution in [2.45, 2.75) is 39.3 Å². The van der Waals surface area contributed by atoms with Crippen molar-refractivity contribution in [3.05, 3.63) is 74.5 Å².